The van der Waals surface area contributed by atoms with Gasteiger partial charge in [-0.1, -0.05) is 20.8 Å². The molecule has 1 aliphatic heterocycles. The van der Waals surface area contributed by atoms with Crippen LogP contribution >= 0.6 is 9.24 Å². The van der Waals surface area contributed by atoms with Gasteiger partial charge in [0.05, 0.1) is 6.10 Å². The molecule has 1 saturated heterocycles. The van der Waals surface area contributed by atoms with E-state index < -0.39 is 0 Å². The Labute approximate surface area is 59.4 Å². The number of epoxide rings is 1. The smallest absolute Gasteiger partial charge is 0.105 e. The van der Waals surface area contributed by atoms with E-state index >= 15 is 0 Å². The van der Waals surface area contributed by atoms with Gasteiger partial charge in [-0.3, -0.25) is 0 Å². The zero-order chi connectivity index (χ0) is 7.28. The average molecular weight is 146 g/mol. The topological polar surface area (TPSA) is 12.5 Å². The third-order valence-electron chi connectivity index (χ3n) is 1.62. The molecule has 1 fully saturated rings. The van der Waals surface area contributed by atoms with Gasteiger partial charge in [-0.2, -0.15) is 0 Å². The summed E-state index contributed by atoms with van der Waals surface area (Å²) in [4.78, 5) is 0. The second-order valence-corrected chi connectivity index (χ2v) is 5.19. The van der Waals surface area contributed by atoms with Crippen molar-refractivity contribution in [1.82, 2.24) is 0 Å². The molecule has 1 nitrogen and oxygen atoms in total. The van der Waals surface area contributed by atoms with Crippen LogP contribution in [0, 0.1) is 5.41 Å². The highest BCUT2D eigenvalue weighted by molar-refractivity contribution is 7.19. The lowest BCUT2D eigenvalue weighted by Gasteiger charge is -2.15. The third-order valence-corrected chi connectivity index (χ3v) is 2.06. The molecule has 0 spiro atoms. The van der Waals surface area contributed by atoms with Crippen LogP contribution in [0.25, 0.3) is 0 Å². The molecule has 0 amide bonds. The summed E-state index contributed by atoms with van der Waals surface area (Å²) in [5.74, 6) is 0. The lowest BCUT2D eigenvalue weighted by atomic mass is 9.90. The van der Waals surface area contributed by atoms with Crippen LogP contribution in [-0.4, -0.2) is 11.4 Å². The zero-order valence-corrected chi connectivity index (χ0v) is 7.72. The van der Waals surface area contributed by atoms with E-state index in [1.54, 1.807) is 0 Å². The minimum absolute atomic E-state index is 0.0677. The van der Waals surface area contributed by atoms with Crippen molar-refractivity contribution in [3.8, 4) is 0 Å². The van der Waals surface area contributed by atoms with E-state index in [1.165, 1.54) is 0 Å². The molecule has 3 unspecified atom stereocenters. The van der Waals surface area contributed by atoms with Gasteiger partial charge >= 0.3 is 0 Å². The second kappa shape index (κ2) is 1.71. The molecule has 0 aromatic carbocycles. The van der Waals surface area contributed by atoms with Gasteiger partial charge in [0.15, 0.2) is 0 Å². The Bertz CT molecular complexity index is 123. The number of hydrogen-bond acceptors (Lipinski definition) is 1. The van der Waals surface area contributed by atoms with Crippen molar-refractivity contribution < 1.29 is 4.74 Å². The number of rotatable bonds is 0. The Balaban J connectivity index is 2.52. The first kappa shape index (κ1) is 7.50. The van der Waals surface area contributed by atoms with Gasteiger partial charge in [0.2, 0.25) is 0 Å². The SMILES string of the molecule is CC(C)(C)C1OC1(C)P. The molecule has 0 radical (unpaired) electrons. The maximum atomic E-state index is 5.43. The van der Waals surface area contributed by atoms with Crippen LogP contribution in [0.3, 0.4) is 0 Å². The summed E-state index contributed by atoms with van der Waals surface area (Å²) >= 11 is 0. The molecule has 0 aromatic heterocycles. The second-order valence-electron chi connectivity index (χ2n) is 4.05. The van der Waals surface area contributed by atoms with Crippen LogP contribution in [0.2, 0.25) is 0 Å². The monoisotopic (exact) mass is 146 g/mol. The molecule has 9 heavy (non-hydrogen) atoms. The van der Waals surface area contributed by atoms with Crippen molar-refractivity contribution >= 4 is 9.24 Å². The van der Waals surface area contributed by atoms with Crippen LogP contribution in [0.4, 0.5) is 0 Å². The highest BCUT2D eigenvalue weighted by atomic mass is 31.0. The predicted molar refractivity (Wildman–Crippen MR) is 42.4 cm³/mol. The van der Waals surface area contributed by atoms with E-state index in [1.807, 2.05) is 0 Å². The van der Waals surface area contributed by atoms with Gasteiger partial charge < -0.3 is 4.74 Å². The number of ether oxygens (including phenoxy) is 1. The molecule has 0 aromatic rings. The summed E-state index contributed by atoms with van der Waals surface area (Å²) in [7, 11) is 2.73. The third kappa shape index (κ3) is 1.45. The molecule has 0 saturated carbocycles. The lowest BCUT2D eigenvalue weighted by Crippen LogP contribution is -2.18. The Morgan fingerprint density at radius 1 is 1.44 bits per heavy atom. The van der Waals surface area contributed by atoms with Gasteiger partial charge in [-0.05, 0) is 12.3 Å². The highest BCUT2D eigenvalue weighted by Crippen LogP contribution is 2.51. The molecule has 2 heteroatoms. The van der Waals surface area contributed by atoms with E-state index in [0.717, 1.165) is 0 Å². The van der Waals surface area contributed by atoms with E-state index in [9.17, 15) is 0 Å². The maximum Gasteiger partial charge on any atom is 0.105 e. The van der Waals surface area contributed by atoms with E-state index in [-0.39, 0.29) is 5.34 Å². The fraction of sp³-hybridized carbons (Fsp3) is 1.00. The molecule has 0 aliphatic carbocycles. The van der Waals surface area contributed by atoms with Crippen LogP contribution in [-0.2, 0) is 4.74 Å². The Morgan fingerprint density at radius 2 is 1.78 bits per heavy atom. The molecule has 1 rings (SSSR count). The molecular formula is C7H15OP. The molecule has 1 aliphatic rings. The first-order chi connectivity index (χ1) is 3.84. The molecule has 1 heterocycles. The molecule has 3 atom stereocenters. The van der Waals surface area contributed by atoms with Crippen molar-refractivity contribution in [2.75, 3.05) is 0 Å². The van der Waals surface area contributed by atoms with Crippen molar-refractivity contribution in [3.05, 3.63) is 0 Å². The summed E-state index contributed by atoms with van der Waals surface area (Å²) in [5.41, 5.74) is 0.302. The average Bonchev–Trinajstić information content (AvgIpc) is 2.10. The van der Waals surface area contributed by atoms with Crippen molar-refractivity contribution in [3.63, 3.8) is 0 Å². The van der Waals surface area contributed by atoms with Crippen molar-refractivity contribution in [2.24, 2.45) is 5.41 Å². The van der Waals surface area contributed by atoms with Gasteiger partial charge in [0.1, 0.15) is 5.34 Å². The summed E-state index contributed by atoms with van der Waals surface area (Å²) < 4.78 is 5.43. The van der Waals surface area contributed by atoms with E-state index in [0.29, 0.717) is 11.5 Å². The van der Waals surface area contributed by atoms with Crippen molar-refractivity contribution in [1.29, 1.82) is 0 Å². The first-order valence-corrected chi connectivity index (χ1v) is 3.88. The molecule has 0 N–H and O–H groups in total. The van der Waals surface area contributed by atoms with Crippen LogP contribution < -0.4 is 0 Å². The lowest BCUT2D eigenvalue weighted by molar-refractivity contribution is 0.260. The van der Waals surface area contributed by atoms with Gasteiger partial charge in [0.25, 0.3) is 0 Å². The highest BCUT2D eigenvalue weighted by Gasteiger charge is 2.54. The molecule has 0 bridgehead atoms. The van der Waals surface area contributed by atoms with E-state index in [4.69, 9.17) is 4.74 Å². The predicted octanol–water partition coefficient (Wildman–Crippen LogP) is 2.02. The quantitative estimate of drug-likeness (QED) is 0.376. The Kier molecular flexibility index (Phi) is 1.42. The Hall–Kier alpha value is 0.390. The van der Waals surface area contributed by atoms with Crippen LogP contribution in [0.15, 0.2) is 0 Å². The fourth-order valence-electron chi connectivity index (χ4n) is 1.26. The van der Waals surface area contributed by atoms with Gasteiger partial charge in [-0.15, -0.1) is 9.24 Å². The van der Waals surface area contributed by atoms with Gasteiger partial charge in [0, 0.05) is 0 Å². The number of hydrogen-bond donors (Lipinski definition) is 0. The van der Waals surface area contributed by atoms with E-state index in [2.05, 4.69) is 36.9 Å². The van der Waals surface area contributed by atoms with Crippen LogP contribution in [0.1, 0.15) is 27.7 Å². The van der Waals surface area contributed by atoms with Crippen LogP contribution in [0.5, 0.6) is 0 Å². The summed E-state index contributed by atoms with van der Waals surface area (Å²) in [6.45, 7) is 8.71. The Morgan fingerprint density at radius 3 is 1.78 bits per heavy atom. The minimum Gasteiger partial charge on any atom is -0.362 e. The van der Waals surface area contributed by atoms with Gasteiger partial charge in [-0.25, -0.2) is 0 Å². The minimum atomic E-state index is 0.0677. The van der Waals surface area contributed by atoms with Crippen molar-refractivity contribution in [2.45, 2.75) is 39.1 Å². The standard InChI is InChI=1S/C7H15OP/c1-6(2,3)5-7(4,9)8-5/h5H,9H2,1-4H3. The largest absolute Gasteiger partial charge is 0.362 e. The fourth-order valence-corrected chi connectivity index (χ4v) is 1.89. The first-order valence-electron chi connectivity index (χ1n) is 3.31. The summed E-state index contributed by atoms with van der Waals surface area (Å²) in [6.07, 6.45) is 0.426. The molecule has 54 valence electrons. The summed E-state index contributed by atoms with van der Waals surface area (Å²) in [6, 6.07) is 0. The maximum absolute atomic E-state index is 5.43. The zero-order valence-electron chi connectivity index (χ0n) is 6.56. The summed E-state index contributed by atoms with van der Waals surface area (Å²) in [5, 5.41) is 0.0677. The molecular weight excluding hydrogens is 131 g/mol. The normalized spacial score (nSPS) is 43.0.